The molecule has 5 rings (SSSR count). The Morgan fingerprint density at radius 1 is 0.964 bits per heavy atom. The highest BCUT2D eigenvalue weighted by atomic mass is 35.5. The van der Waals surface area contributed by atoms with Gasteiger partial charge in [0.25, 0.3) is 0 Å². The van der Waals surface area contributed by atoms with Crippen LogP contribution in [0.25, 0.3) is 22.2 Å². The first-order chi connectivity index (χ1) is 13.7. The molecule has 1 saturated heterocycles. The first-order valence-corrected chi connectivity index (χ1v) is 9.75. The number of halogens is 1. The van der Waals surface area contributed by atoms with E-state index in [0.717, 1.165) is 57.3 Å². The molecule has 0 amide bonds. The van der Waals surface area contributed by atoms with Gasteiger partial charge in [-0.05, 0) is 42.8 Å². The van der Waals surface area contributed by atoms with Crippen LogP contribution in [0, 0.1) is 6.92 Å². The van der Waals surface area contributed by atoms with E-state index in [4.69, 9.17) is 16.6 Å². The fraction of sp³-hybridized carbons (Fsp3) is 0.174. The van der Waals surface area contributed by atoms with E-state index in [9.17, 15) is 0 Å². The lowest BCUT2D eigenvalue weighted by atomic mass is 9.92. The fourth-order valence-corrected chi connectivity index (χ4v) is 3.85. The lowest BCUT2D eigenvalue weighted by molar-refractivity contribution is 0.509. The van der Waals surface area contributed by atoms with E-state index in [2.05, 4.69) is 45.2 Å². The average molecular weight is 387 g/mol. The lowest BCUT2D eigenvalue weighted by Crippen LogP contribution is -2.46. The molecule has 2 aromatic carbocycles. The van der Waals surface area contributed by atoms with Crippen LogP contribution in [0.2, 0.25) is 5.02 Å². The Morgan fingerprint density at radius 2 is 1.79 bits per heavy atom. The predicted octanol–water partition coefficient (Wildman–Crippen LogP) is 5.26. The second-order valence-electron chi connectivity index (χ2n) is 7.22. The van der Waals surface area contributed by atoms with Gasteiger partial charge in [0.05, 0.1) is 16.9 Å². The summed E-state index contributed by atoms with van der Waals surface area (Å²) in [6, 6.07) is 18.5. The summed E-state index contributed by atoms with van der Waals surface area (Å²) in [5.41, 5.74) is 5.12. The Kier molecular flexibility index (Phi) is 4.21. The average Bonchev–Trinajstić information content (AvgIpc) is 2.69. The monoisotopic (exact) mass is 386 g/mol. The number of para-hydroxylation sites is 1. The van der Waals surface area contributed by atoms with Gasteiger partial charge in [0.2, 0.25) is 0 Å². The van der Waals surface area contributed by atoms with Crippen LogP contribution in [-0.4, -0.2) is 28.0 Å². The van der Waals surface area contributed by atoms with Crippen LogP contribution in [0.5, 0.6) is 0 Å². The number of hydrogen-bond acceptors (Lipinski definition) is 4. The zero-order chi connectivity index (χ0) is 19.1. The number of anilines is 1. The molecule has 0 saturated carbocycles. The Hall–Kier alpha value is -2.98. The molecule has 0 atom stereocenters. The van der Waals surface area contributed by atoms with Gasteiger partial charge >= 0.3 is 0 Å². The van der Waals surface area contributed by atoms with E-state index in [1.54, 1.807) is 12.4 Å². The third-order valence-electron chi connectivity index (χ3n) is 5.33. The van der Waals surface area contributed by atoms with Crippen molar-refractivity contribution in [2.24, 2.45) is 0 Å². The standard InChI is InChI=1S/C23H19ClN4/c1-15-12-17(6-8-19(15)24)22-23(26-11-10-25-22)18-13-28(14-18)21-9-7-16-4-2-3-5-20(16)27-21/h2-12,18H,13-14H2,1H3. The van der Waals surface area contributed by atoms with Gasteiger partial charge in [-0.25, -0.2) is 4.98 Å². The minimum atomic E-state index is 0.341. The highest BCUT2D eigenvalue weighted by molar-refractivity contribution is 6.31. The van der Waals surface area contributed by atoms with E-state index in [1.165, 1.54) is 0 Å². The topological polar surface area (TPSA) is 41.9 Å². The van der Waals surface area contributed by atoms with Gasteiger partial charge in [-0.1, -0.05) is 35.9 Å². The molecule has 0 bridgehead atoms. The van der Waals surface area contributed by atoms with Crippen LogP contribution >= 0.6 is 11.6 Å². The predicted molar refractivity (Wildman–Crippen MR) is 114 cm³/mol. The van der Waals surface area contributed by atoms with E-state index >= 15 is 0 Å². The molecule has 3 heterocycles. The zero-order valence-corrected chi connectivity index (χ0v) is 16.3. The molecule has 138 valence electrons. The van der Waals surface area contributed by atoms with E-state index in [1.807, 2.05) is 31.2 Å². The molecule has 1 fully saturated rings. The van der Waals surface area contributed by atoms with Crippen LogP contribution in [0.1, 0.15) is 17.2 Å². The summed E-state index contributed by atoms with van der Waals surface area (Å²) in [7, 11) is 0. The maximum atomic E-state index is 6.19. The molecule has 1 aliphatic rings. The molecule has 0 radical (unpaired) electrons. The van der Waals surface area contributed by atoms with E-state index in [0.29, 0.717) is 5.92 Å². The van der Waals surface area contributed by atoms with Gasteiger partial charge in [0.15, 0.2) is 0 Å². The minimum Gasteiger partial charge on any atom is -0.355 e. The van der Waals surface area contributed by atoms with Gasteiger partial charge in [-0.15, -0.1) is 0 Å². The highest BCUT2D eigenvalue weighted by Crippen LogP contribution is 2.35. The normalized spacial score (nSPS) is 14.3. The van der Waals surface area contributed by atoms with Crippen LogP contribution < -0.4 is 4.90 Å². The van der Waals surface area contributed by atoms with E-state index < -0.39 is 0 Å². The number of aromatic nitrogens is 3. The zero-order valence-electron chi connectivity index (χ0n) is 15.5. The maximum Gasteiger partial charge on any atom is 0.129 e. The summed E-state index contributed by atoms with van der Waals surface area (Å²) < 4.78 is 0. The SMILES string of the molecule is Cc1cc(-c2nccnc2C2CN(c3ccc4ccccc4n3)C2)ccc1Cl. The van der Waals surface area contributed by atoms with Gasteiger partial charge in [0.1, 0.15) is 5.82 Å². The number of pyridine rings is 1. The number of nitrogens with zero attached hydrogens (tertiary/aromatic N) is 4. The van der Waals surface area contributed by atoms with Crippen molar-refractivity contribution in [3.05, 3.63) is 83.3 Å². The first-order valence-electron chi connectivity index (χ1n) is 9.37. The molecule has 28 heavy (non-hydrogen) atoms. The fourth-order valence-electron chi connectivity index (χ4n) is 3.73. The molecule has 4 nitrogen and oxygen atoms in total. The summed E-state index contributed by atoms with van der Waals surface area (Å²) >= 11 is 6.19. The summed E-state index contributed by atoms with van der Waals surface area (Å²) in [5, 5.41) is 1.93. The van der Waals surface area contributed by atoms with Crippen LogP contribution in [-0.2, 0) is 0 Å². The first kappa shape index (κ1) is 17.1. The molecule has 0 spiro atoms. The molecule has 0 unspecified atom stereocenters. The Bertz CT molecular complexity index is 1170. The minimum absolute atomic E-state index is 0.341. The van der Waals surface area contributed by atoms with Crippen LogP contribution in [0.4, 0.5) is 5.82 Å². The molecule has 0 aliphatic carbocycles. The van der Waals surface area contributed by atoms with Crippen molar-refractivity contribution in [3.8, 4) is 11.3 Å². The second-order valence-corrected chi connectivity index (χ2v) is 7.63. The van der Waals surface area contributed by atoms with E-state index in [-0.39, 0.29) is 0 Å². The third-order valence-corrected chi connectivity index (χ3v) is 5.76. The molecule has 1 aliphatic heterocycles. The van der Waals surface area contributed by atoms with Crippen molar-refractivity contribution >= 4 is 28.3 Å². The largest absolute Gasteiger partial charge is 0.355 e. The van der Waals surface area contributed by atoms with Gasteiger partial charge in [0, 0.05) is 47.4 Å². The maximum absolute atomic E-state index is 6.19. The van der Waals surface area contributed by atoms with Crippen LogP contribution in [0.3, 0.4) is 0 Å². The number of fused-ring (bicyclic) bond motifs is 1. The van der Waals surface area contributed by atoms with Crippen molar-refractivity contribution in [2.75, 3.05) is 18.0 Å². The Morgan fingerprint density at radius 3 is 2.64 bits per heavy atom. The molecular formula is C23H19ClN4. The van der Waals surface area contributed by atoms with Crippen molar-refractivity contribution < 1.29 is 0 Å². The van der Waals surface area contributed by atoms with Gasteiger partial charge in [-0.3, -0.25) is 9.97 Å². The number of rotatable bonds is 3. The number of benzene rings is 2. The van der Waals surface area contributed by atoms with Crippen LogP contribution in [0.15, 0.2) is 67.0 Å². The molecule has 0 N–H and O–H groups in total. The molecular weight excluding hydrogens is 368 g/mol. The summed E-state index contributed by atoms with van der Waals surface area (Å²) in [6.45, 7) is 3.80. The molecule has 4 aromatic rings. The van der Waals surface area contributed by atoms with Crippen molar-refractivity contribution in [3.63, 3.8) is 0 Å². The van der Waals surface area contributed by atoms with Gasteiger partial charge in [-0.2, -0.15) is 0 Å². The van der Waals surface area contributed by atoms with Gasteiger partial charge < -0.3 is 4.90 Å². The number of hydrogen-bond donors (Lipinski definition) is 0. The second kappa shape index (κ2) is 6.88. The third kappa shape index (κ3) is 3.00. The summed E-state index contributed by atoms with van der Waals surface area (Å²) in [4.78, 5) is 16.4. The summed E-state index contributed by atoms with van der Waals surface area (Å²) in [5.74, 6) is 1.36. The molecule has 2 aromatic heterocycles. The number of aryl methyl sites for hydroxylation is 1. The van der Waals surface area contributed by atoms with Crippen molar-refractivity contribution in [2.45, 2.75) is 12.8 Å². The Labute approximate surface area is 168 Å². The highest BCUT2D eigenvalue weighted by Gasteiger charge is 2.32. The molecule has 5 heteroatoms. The Balaban J connectivity index is 1.41. The van der Waals surface area contributed by atoms with Crippen molar-refractivity contribution in [1.82, 2.24) is 15.0 Å². The smallest absolute Gasteiger partial charge is 0.129 e. The quantitative estimate of drug-likeness (QED) is 0.481. The van der Waals surface area contributed by atoms with Crippen molar-refractivity contribution in [1.29, 1.82) is 0 Å². The summed E-state index contributed by atoms with van der Waals surface area (Å²) in [6.07, 6.45) is 3.53. The lowest BCUT2D eigenvalue weighted by Gasteiger charge is -2.40.